The molecule has 0 spiro atoms. The lowest BCUT2D eigenvalue weighted by atomic mass is 10.0. The molecule has 0 aromatic rings. The highest BCUT2D eigenvalue weighted by Gasteiger charge is 2.31. The molecule has 4 heteroatoms. The Balaban J connectivity index is 2.03. The molecule has 2 rings (SSSR count). The number of nitrogens with zero attached hydrogens (tertiary/aromatic N) is 1. The smallest absolute Gasteiger partial charge is 0.0638 e. The summed E-state index contributed by atoms with van der Waals surface area (Å²) >= 11 is 0. The van der Waals surface area contributed by atoms with Gasteiger partial charge in [0.05, 0.1) is 6.67 Å². The van der Waals surface area contributed by atoms with E-state index in [-0.39, 0.29) is 0 Å². The highest BCUT2D eigenvalue weighted by atomic mass is 15.7. The Morgan fingerprint density at radius 3 is 3.10 bits per heavy atom. The van der Waals surface area contributed by atoms with Crippen LogP contribution in [0.1, 0.15) is 6.92 Å². The Hall–Kier alpha value is -0.160. The van der Waals surface area contributed by atoms with E-state index < -0.39 is 0 Å². The third-order valence-corrected chi connectivity index (χ3v) is 2.34. The van der Waals surface area contributed by atoms with Crippen molar-refractivity contribution in [2.45, 2.75) is 13.0 Å². The molecule has 0 amide bonds. The van der Waals surface area contributed by atoms with E-state index >= 15 is 0 Å². The van der Waals surface area contributed by atoms with Gasteiger partial charge < -0.3 is 5.32 Å². The molecular formula is C6H14N4. The van der Waals surface area contributed by atoms with E-state index in [9.17, 15) is 0 Å². The van der Waals surface area contributed by atoms with Crippen LogP contribution in [0.15, 0.2) is 0 Å². The van der Waals surface area contributed by atoms with Crippen molar-refractivity contribution < 1.29 is 0 Å². The van der Waals surface area contributed by atoms with Crippen molar-refractivity contribution in [2.24, 2.45) is 5.92 Å². The zero-order valence-corrected chi connectivity index (χ0v) is 6.22. The minimum atomic E-state index is 0.682. The van der Waals surface area contributed by atoms with Gasteiger partial charge in [-0.05, 0) is 5.92 Å². The van der Waals surface area contributed by atoms with Gasteiger partial charge in [0, 0.05) is 19.1 Å². The van der Waals surface area contributed by atoms with Gasteiger partial charge in [0.15, 0.2) is 0 Å². The number of hydrogen-bond acceptors (Lipinski definition) is 4. The molecule has 10 heavy (non-hydrogen) atoms. The Bertz CT molecular complexity index is 127. The molecule has 2 unspecified atom stereocenters. The van der Waals surface area contributed by atoms with Crippen LogP contribution in [0, 0.1) is 5.92 Å². The van der Waals surface area contributed by atoms with Gasteiger partial charge >= 0.3 is 0 Å². The van der Waals surface area contributed by atoms with E-state index in [1.54, 1.807) is 0 Å². The summed E-state index contributed by atoms with van der Waals surface area (Å²) in [7, 11) is 0. The molecule has 3 N–H and O–H groups in total. The van der Waals surface area contributed by atoms with E-state index in [0.29, 0.717) is 6.04 Å². The van der Waals surface area contributed by atoms with E-state index in [1.165, 1.54) is 0 Å². The predicted molar refractivity (Wildman–Crippen MR) is 38.8 cm³/mol. The zero-order valence-electron chi connectivity index (χ0n) is 6.22. The van der Waals surface area contributed by atoms with Crippen LogP contribution in [-0.4, -0.2) is 30.8 Å². The fourth-order valence-electron chi connectivity index (χ4n) is 1.64. The Morgan fingerprint density at radius 1 is 1.40 bits per heavy atom. The summed E-state index contributed by atoms with van der Waals surface area (Å²) in [5.74, 6) is 0.747. The van der Waals surface area contributed by atoms with Gasteiger partial charge in [0.1, 0.15) is 0 Å². The second-order valence-electron chi connectivity index (χ2n) is 3.12. The SMILES string of the molecule is CC1CNNN2CNCC12. The molecule has 58 valence electrons. The molecule has 0 bridgehead atoms. The first-order valence-electron chi connectivity index (χ1n) is 3.84. The molecule has 4 nitrogen and oxygen atoms in total. The first-order valence-corrected chi connectivity index (χ1v) is 3.84. The van der Waals surface area contributed by atoms with E-state index in [1.807, 2.05) is 0 Å². The standard InChI is InChI=1S/C6H14N4/c1-5-2-8-9-10-4-7-3-6(5)10/h5-9H,2-4H2,1H3. The van der Waals surface area contributed by atoms with Crippen molar-refractivity contribution in [3.8, 4) is 0 Å². The lowest BCUT2D eigenvalue weighted by Gasteiger charge is -2.34. The maximum absolute atomic E-state index is 3.32. The second-order valence-corrected chi connectivity index (χ2v) is 3.12. The zero-order chi connectivity index (χ0) is 6.97. The molecule has 2 heterocycles. The van der Waals surface area contributed by atoms with Crippen LogP contribution in [0.3, 0.4) is 0 Å². The molecule has 0 radical (unpaired) electrons. The van der Waals surface area contributed by atoms with Crippen molar-refractivity contribution >= 4 is 0 Å². The van der Waals surface area contributed by atoms with Crippen LogP contribution in [0.5, 0.6) is 0 Å². The number of fused-ring (bicyclic) bond motifs is 1. The normalized spacial score (nSPS) is 41.7. The third-order valence-electron chi connectivity index (χ3n) is 2.34. The lowest BCUT2D eigenvalue weighted by Crippen LogP contribution is -2.59. The average Bonchev–Trinajstić information content (AvgIpc) is 2.36. The highest BCUT2D eigenvalue weighted by molar-refractivity contribution is 4.84. The van der Waals surface area contributed by atoms with Gasteiger partial charge in [-0.3, -0.25) is 0 Å². The van der Waals surface area contributed by atoms with Gasteiger partial charge in [-0.1, -0.05) is 6.92 Å². The van der Waals surface area contributed by atoms with Crippen LogP contribution in [0.4, 0.5) is 0 Å². The number of rotatable bonds is 0. The molecular weight excluding hydrogens is 128 g/mol. The van der Waals surface area contributed by atoms with Crippen LogP contribution in [0.25, 0.3) is 0 Å². The minimum Gasteiger partial charge on any atom is -0.302 e. The summed E-state index contributed by atoms with van der Waals surface area (Å²) < 4.78 is 0. The van der Waals surface area contributed by atoms with Gasteiger partial charge in [0.25, 0.3) is 0 Å². The summed E-state index contributed by atoms with van der Waals surface area (Å²) in [5, 5.41) is 5.53. The maximum Gasteiger partial charge on any atom is 0.0638 e. The van der Waals surface area contributed by atoms with E-state index in [4.69, 9.17) is 0 Å². The fourth-order valence-corrected chi connectivity index (χ4v) is 1.64. The summed E-state index contributed by atoms with van der Waals surface area (Å²) in [6, 6.07) is 0.682. The number of nitrogens with one attached hydrogen (secondary N) is 3. The van der Waals surface area contributed by atoms with Crippen LogP contribution >= 0.6 is 0 Å². The highest BCUT2D eigenvalue weighted by Crippen LogP contribution is 2.13. The van der Waals surface area contributed by atoms with Crippen molar-refractivity contribution in [2.75, 3.05) is 19.8 Å². The monoisotopic (exact) mass is 142 g/mol. The average molecular weight is 142 g/mol. The van der Waals surface area contributed by atoms with E-state index in [0.717, 1.165) is 25.7 Å². The molecule has 0 aliphatic carbocycles. The van der Waals surface area contributed by atoms with Gasteiger partial charge in [-0.25, -0.2) is 10.4 Å². The topological polar surface area (TPSA) is 39.3 Å². The first-order chi connectivity index (χ1) is 4.88. The molecule has 2 aliphatic heterocycles. The predicted octanol–water partition coefficient (Wildman–Crippen LogP) is -1.12. The number of hydrogen-bond donors (Lipinski definition) is 3. The van der Waals surface area contributed by atoms with Gasteiger partial charge in [-0.15, -0.1) is 0 Å². The lowest BCUT2D eigenvalue weighted by molar-refractivity contribution is 0.0605. The summed E-state index contributed by atoms with van der Waals surface area (Å²) in [5.41, 5.74) is 6.27. The second kappa shape index (κ2) is 2.47. The quantitative estimate of drug-likeness (QED) is 0.400. The molecule has 2 fully saturated rings. The largest absolute Gasteiger partial charge is 0.302 e. The van der Waals surface area contributed by atoms with E-state index in [2.05, 4.69) is 28.2 Å². The van der Waals surface area contributed by atoms with Crippen LogP contribution in [0.2, 0.25) is 0 Å². The maximum atomic E-state index is 3.32. The molecule has 0 aromatic heterocycles. The summed E-state index contributed by atoms with van der Waals surface area (Å²) in [6.07, 6.45) is 0. The molecule has 0 aromatic carbocycles. The van der Waals surface area contributed by atoms with Crippen molar-refractivity contribution in [3.05, 3.63) is 0 Å². The van der Waals surface area contributed by atoms with Crippen molar-refractivity contribution in [3.63, 3.8) is 0 Å². The van der Waals surface area contributed by atoms with Crippen LogP contribution in [-0.2, 0) is 0 Å². The van der Waals surface area contributed by atoms with Gasteiger partial charge in [0.2, 0.25) is 0 Å². The van der Waals surface area contributed by atoms with Crippen molar-refractivity contribution in [1.29, 1.82) is 0 Å². The number of hydrazine groups is 2. The van der Waals surface area contributed by atoms with Crippen LogP contribution < -0.4 is 16.3 Å². The minimum absolute atomic E-state index is 0.682. The Morgan fingerprint density at radius 2 is 2.30 bits per heavy atom. The molecule has 2 saturated heterocycles. The molecule has 2 atom stereocenters. The van der Waals surface area contributed by atoms with Gasteiger partial charge in [-0.2, -0.15) is 5.53 Å². The Labute approximate surface area is 60.9 Å². The summed E-state index contributed by atoms with van der Waals surface area (Å²) in [4.78, 5) is 0. The van der Waals surface area contributed by atoms with Crippen molar-refractivity contribution in [1.82, 2.24) is 21.3 Å². The fraction of sp³-hybridized carbons (Fsp3) is 1.00. The third kappa shape index (κ3) is 0.932. The molecule has 2 aliphatic rings. The summed E-state index contributed by atoms with van der Waals surface area (Å²) in [6.45, 7) is 5.43. The molecule has 0 saturated carbocycles. The first kappa shape index (κ1) is 6.54. The Kier molecular flexibility index (Phi) is 1.61.